The van der Waals surface area contributed by atoms with Crippen LogP contribution in [0.25, 0.3) is 11.1 Å². The lowest BCUT2D eigenvalue weighted by molar-refractivity contribution is 0.0598. The number of hydrogen-bond donors (Lipinski definition) is 1. The van der Waals surface area contributed by atoms with Crippen molar-refractivity contribution in [3.05, 3.63) is 65.4 Å². The topological polar surface area (TPSA) is 59.5 Å². The molecule has 1 amide bonds. The molecule has 0 unspecified atom stereocenters. The number of carbonyl (C=O) groups is 2. The van der Waals surface area contributed by atoms with E-state index in [1.807, 2.05) is 37.3 Å². The second-order valence-electron chi connectivity index (χ2n) is 8.62. The van der Waals surface area contributed by atoms with Gasteiger partial charge in [0, 0.05) is 16.7 Å². The highest BCUT2D eigenvalue weighted by atomic mass is 32.1. The molecular weight excluding hydrogens is 419 g/mol. The van der Waals surface area contributed by atoms with E-state index in [4.69, 9.17) is 12.6 Å². The molecule has 0 saturated heterocycles. The average molecular weight is 444 g/mol. The number of benzene rings is 2. The van der Waals surface area contributed by atoms with Crippen LogP contribution in [0.3, 0.4) is 0 Å². The van der Waals surface area contributed by atoms with Gasteiger partial charge in [-0.1, -0.05) is 23.7 Å². The van der Waals surface area contributed by atoms with Crippen LogP contribution in [0.15, 0.2) is 53.6 Å². The monoisotopic (exact) mass is 444 g/mol. The van der Waals surface area contributed by atoms with Crippen molar-refractivity contribution in [1.82, 2.24) is 4.98 Å². The Bertz CT molecular complexity index is 1190. The molecule has 0 aliphatic rings. The number of aromatic nitrogens is 1. The van der Waals surface area contributed by atoms with Gasteiger partial charge in [0.2, 0.25) is 0 Å². The molecule has 162 valence electrons. The first-order chi connectivity index (χ1) is 15.0. The largest absolute Gasteiger partial charge is 0.443 e. The normalized spacial score (nSPS) is 11.2. The van der Waals surface area contributed by atoms with Crippen molar-refractivity contribution in [2.45, 2.75) is 45.1 Å². The summed E-state index contributed by atoms with van der Waals surface area (Å²) < 4.78 is 5.68. The van der Waals surface area contributed by atoms with Crippen molar-refractivity contribution in [1.29, 1.82) is 0 Å². The summed E-state index contributed by atoms with van der Waals surface area (Å²) in [5.41, 5.74) is 3.57. The van der Waals surface area contributed by atoms with E-state index in [1.165, 1.54) is 4.90 Å². The Morgan fingerprint density at radius 2 is 1.84 bits per heavy atom. The first-order valence-electron chi connectivity index (χ1n) is 10.1. The second kappa shape index (κ2) is 9.21. The molecule has 2 aromatic carbocycles. The summed E-state index contributed by atoms with van der Waals surface area (Å²) in [7, 11) is 6.26. The number of aryl methyl sites for hydroxylation is 1. The first kappa shape index (κ1) is 23.6. The maximum absolute atomic E-state index is 13.4. The Balaban J connectivity index is 2.28. The number of pyridine rings is 1. The molecule has 0 aliphatic heterocycles. The molecule has 1 heterocycles. The summed E-state index contributed by atoms with van der Waals surface area (Å²) in [6.07, 6.45) is 1.76. The molecule has 3 rings (SSSR count). The summed E-state index contributed by atoms with van der Waals surface area (Å²) in [4.78, 5) is 31.8. The highest BCUT2D eigenvalue weighted by molar-refractivity contribution is 7.80. The lowest BCUT2D eigenvalue weighted by Crippen LogP contribution is -2.37. The van der Waals surface area contributed by atoms with Crippen LogP contribution in [0, 0.1) is 13.8 Å². The molecule has 0 atom stereocenters. The summed E-state index contributed by atoms with van der Waals surface area (Å²) >= 11 is 4.42. The Morgan fingerprint density at radius 1 is 1.12 bits per heavy atom. The van der Waals surface area contributed by atoms with E-state index < -0.39 is 11.7 Å². The molecule has 0 N–H and O–H groups in total. The van der Waals surface area contributed by atoms with Gasteiger partial charge in [-0.15, -0.1) is 12.6 Å². The third-order valence-corrected chi connectivity index (χ3v) is 5.07. The second-order valence-corrected chi connectivity index (χ2v) is 9.14. The van der Waals surface area contributed by atoms with Crippen LogP contribution in [0.5, 0.6) is 0 Å². The number of thiol groups is 1. The van der Waals surface area contributed by atoms with Gasteiger partial charge in [-0.2, -0.15) is 0 Å². The number of anilines is 2. The van der Waals surface area contributed by atoms with Crippen LogP contribution in [-0.2, 0) is 4.74 Å². The van der Waals surface area contributed by atoms with Crippen LogP contribution >= 0.6 is 12.6 Å². The van der Waals surface area contributed by atoms with Crippen LogP contribution in [0.1, 0.15) is 42.3 Å². The molecule has 0 spiro atoms. The van der Waals surface area contributed by atoms with E-state index in [1.54, 1.807) is 46.0 Å². The Hall–Kier alpha value is -3.06. The molecule has 3 aromatic rings. The summed E-state index contributed by atoms with van der Waals surface area (Å²) in [5.74, 6) is 0.241. The van der Waals surface area contributed by atoms with Crippen molar-refractivity contribution in [3.8, 4) is 11.1 Å². The number of hydrogen-bond acceptors (Lipinski definition) is 5. The van der Waals surface area contributed by atoms with E-state index in [2.05, 4.69) is 17.6 Å². The number of amides is 1. The molecule has 0 aliphatic carbocycles. The van der Waals surface area contributed by atoms with Crippen molar-refractivity contribution in [3.63, 3.8) is 0 Å². The molecule has 5 nitrogen and oxygen atoms in total. The van der Waals surface area contributed by atoms with E-state index in [0.29, 0.717) is 22.3 Å². The van der Waals surface area contributed by atoms with Crippen molar-refractivity contribution in [2.24, 2.45) is 0 Å². The van der Waals surface area contributed by atoms with Crippen LogP contribution in [-0.4, -0.2) is 30.8 Å². The average Bonchev–Trinajstić information content (AvgIpc) is 2.69. The van der Waals surface area contributed by atoms with Crippen LogP contribution < -0.4 is 10.4 Å². The molecular formula is C25H25BN2O3S. The standard InChI is InChI=1S/C25H25BN2O3S/c1-15-9-21(26)23(27-13-15)28(24(30)31-25(3,4)5)22-12-18(10-19(14-29)16(22)2)17-7-6-8-20(32)11-17/h6-14,32H,1-5H3. The van der Waals surface area contributed by atoms with E-state index >= 15 is 0 Å². The number of aldehydes is 1. The summed E-state index contributed by atoms with van der Waals surface area (Å²) in [5, 5.41) is 0. The molecule has 0 fully saturated rings. The lowest BCUT2D eigenvalue weighted by atomic mass is 9.94. The molecule has 1 aromatic heterocycles. The third-order valence-electron chi connectivity index (χ3n) is 4.79. The fraction of sp³-hybridized carbons (Fsp3) is 0.240. The highest BCUT2D eigenvalue weighted by Gasteiger charge is 2.29. The zero-order chi connectivity index (χ0) is 23.6. The minimum atomic E-state index is -0.742. The van der Waals surface area contributed by atoms with Crippen LogP contribution in [0.2, 0.25) is 0 Å². The Morgan fingerprint density at radius 3 is 2.44 bits per heavy atom. The fourth-order valence-corrected chi connectivity index (χ4v) is 3.53. The van der Waals surface area contributed by atoms with Crippen molar-refractivity contribution < 1.29 is 14.3 Å². The Kier molecular flexibility index (Phi) is 6.79. The Labute approximate surface area is 195 Å². The molecule has 32 heavy (non-hydrogen) atoms. The molecule has 0 saturated carbocycles. The summed E-state index contributed by atoms with van der Waals surface area (Å²) in [6.45, 7) is 9.00. The van der Waals surface area contributed by atoms with Gasteiger partial charge in [-0.3, -0.25) is 4.79 Å². The van der Waals surface area contributed by atoms with E-state index in [0.717, 1.165) is 27.9 Å². The van der Waals surface area contributed by atoms with Crippen molar-refractivity contribution in [2.75, 3.05) is 4.90 Å². The summed E-state index contributed by atoms with van der Waals surface area (Å²) in [6, 6.07) is 12.9. The van der Waals surface area contributed by atoms with Gasteiger partial charge in [-0.05, 0) is 81.1 Å². The third kappa shape index (κ3) is 5.22. The maximum Gasteiger partial charge on any atom is 0.420 e. The minimum Gasteiger partial charge on any atom is -0.443 e. The van der Waals surface area contributed by atoms with Gasteiger partial charge in [0.1, 0.15) is 25.6 Å². The first-order valence-corrected chi connectivity index (χ1v) is 10.6. The van der Waals surface area contributed by atoms with Gasteiger partial charge in [0.15, 0.2) is 0 Å². The SMILES string of the molecule is [B]c1cc(C)cnc1N(C(=O)OC(C)(C)C)c1cc(-c2cccc(S)c2)cc(C=O)c1C. The highest BCUT2D eigenvalue weighted by Crippen LogP contribution is 2.35. The number of carbonyl (C=O) groups excluding carboxylic acids is 2. The smallest absolute Gasteiger partial charge is 0.420 e. The minimum absolute atomic E-state index is 0.241. The molecule has 2 radical (unpaired) electrons. The van der Waals surface area contributed by atoms with Gasteiger partial charge in [-0.25, -0.2) is 14.7 Å². The molecule has 0 bridgehead atoms. The van der Waals surface area contributed by atoms with Crippen molar-refractivity contribution >= 4 is 49.8 Å². The van der Waals surface area contributed by atoms with Crippen LogP contribution in [0.4, 0.5) is 16.3 Å². The number of rotatable bonds is 4. The zero-order valence-corrected chi connectivity index (χ0v) is 19.7. The van der Waals surface area contributed by atoms with Gasteiger partial charge in [0.25, 0.3) is 0 Å². The zero-order valence-electron chi connectivity index (χ0n) is 18.8. The number of ether oxygens (including phenoxy) is 1. The quantitative estimate of drug-likeness (QED) is 0.336. The fourth-order valence-electron chi connectivity index (χ4n) is 3.31. The van der Waals surface area contributed by atoms with Gasteiger partial charge >= 0.3 is 6.09 Å². The number of nitrogens with zero attached hydrogens (tertiary/aromatic N) is 2. The predicted octanol–water partition coefficient (Wildman–Crippen LogP) is 5.33. The maximum atomic E-state index is 13.4. The van der Waals surface area contributed by atoms with E-state index in [-0.39, 0.29) is 5.82 Å². The predicted molar refractivity (Wildman–Crippen MR) is 132 cm³/mol. The van der Waals surface area contributed by atoms with Gasteiger partial charge in [0.05, 0.1) is 5.69 Å². The van der Waals surface area contributed by atoms with E-state index in [9.17, 15) is 9.59 Å². The lowest BCUT2D eigenvalue weighted by Gasteiger charge is -2.29. The van der Waals surface area contributed by atoms with Gasteiger partial charge < -0.3 is 4.74 Å². The molecule has 7 heteroatoms.